The molecule has 4 N–H and O–H groups in total. The van der Waals surface area contributed by atoms with Crippen molar-refractivity contribution < 1.29 is 9.59 Å². The maximum Gasteiger partial charge on any atom is 0.223 e. The summed E-state index contributed by atoms with van der Waals surface area (Å²) in [6, 6.07) is 7.66. The Kier molecular flexibility index (Phi) is 5.60. The minimum absolute atomic E-state index is 0.0334. The largest absolute Gasteiger partial charge is 0.399 e. The summed E-state index contributed by atoms with van der Waals surface area (Å²) < 4.78 is 0. The number of nitrogen functional groups attached to an aromatic ring is 1. The van der Waals surface area contributed by atoms with Crippen molar-refractivity contribution in [1.82, 2.24) is 10.6 Å². The van der Waals surface area contributed by atoms with Crippen molar-refractivity contribution in [1.29, 1.82) is 0 Å². The molecule has 5 heteroatoms. The molecule has 1 aliphatic carbocycles. The number of rotatable bonds is 8. The molecule has 0 radical (unpaired) electrons. The molecule has 1 aromatic carbocycles. The second-order valence-electron chi connectivity index (χ2n) is 5.51. The van der Waals surface area contributed by atoms with Crippen LogP contribution in [-0.2, 0) is 16.0 Å². The number of carbonyl (C=O) groups is 2. The molecular weight excluding hydrogens is 266 g/mol. The van der Waals surface area contributed by atoms with Gasteiger partial charge in [0.1, 0.15) is 0 Å². The SMILES string of the molecule is Nc1ccc(CCNC(=O)CCCNC(=O)C2CC2)cc1. The second kappa shape index (κ2) is 7.67. The van der Waals surface area contributed by atoms with Gasteiger partial charge in [0.05, 0.1) is 0 Å². The molecule has 0 spiro atoms. The van der Waals surface area contributed by atoms with Crippen molar-refractivity contribution in [3.8, 4) is 0 Å². The van der Waals surface area contributed by atoms with Crippen molar-refractivity contribution in [3.05, 3.63) is 29.8 Å². The van der Waals surface area contributed by atoms with Gasteiger partial charge in [0.15, 0.2) is 0 Å². The lowest BCUT2D eigenvalue weighted by atomic mass is 10.1. The lowest BCUT2D eigenvalue weighted by Gasteiger charge is -2.06. The zero-order chi connectivity index (χ0) is 15.1. The Bertz CT molecular complexity index is 481. The summed E-state index contributed by atoms with van der Waals surface area (Å²) in [5, 5.41) is 5.74. The van der Waals surface area contributed by atoms with Gasteiger partial charge in [-0.2, -0.15) is 0 Å². The first-order valence-electron chi connectivity index (χ1n) is 7.54. The molecule has 0 aliphatic heterocycles. The van der Waals surface area contributed by atoms with Gasteiger partial charge in [-0.1, -0.05) is 12.1 Å². The smallest absolute Gasteiger partial charge is 0.223 e. The van der Waals surface area contributed by atoms with Gasteiger partial charge in [-0.25, -0.2) is 0 Å². The predicted octanol–water partition coefficient (Wildman–Crippen LogP) is 1.23. The summed E-state index contributed by atoms with van der Waals surface area (Å²) in [6.45, 7) is 1.21. The minimum Gasteiger partial charge on any atom is -0.399 e. The van der Waals surface area contributed by atoms with Crippen LogP contribution < -0.4 is 16.4 Å². The Morgan fingerprint density at radius 1 is 1.10 bits per heavy atom. The van der Waals surface area contributed by atoms with Gasteiger partial charge in [0.2, 0.25) is 11.8 Å². The average Bonchev–Trinajstić information content (AvgIpc) is 3.30. The third kappa shape index (κ3) is 5.85. The molecule has 0 atom stereocenters. The molecule has 1 fully saturated rings. The van der Waals surface area contributed by atoms with E-state index in [4.69, 9.17) is 5.73 Å². The van der Waals surface area contributed by atoms with Crippen LogP contribution in [0.3, 0.4) is 0 Å². The van der Waals surface area contributed by atoms with Crippen LogP contribution in [0.5, 0.6) is 0 Å². The van der Waals surface area contributed by atoms with Gasteiger partial charge in [0.25, 0.3) is 0 Å². The lowest BCUT2D eigenvalue weighted by molar-refractivity contribution is -0.123. The fraction of sp³-hybridized carbons (Fsp3) is 0.500. The van der Waals surface area contributed by atoms with E-state index >= 15 is 0 Å². The Balaban J connectivity index is 1.51. The van der Waals surface area contributed by atoms with E-state index in [0.717, 1.165) is 30.5 Å². The van der Waals surface area contributed by atoms with Gasteiger partial charge >= 0.3 is 0 Å². The highest BCUT2D eigenvalue weighted by atomic mass is 16.2. The predicted molar refractivity (Wildman–Crippen MR) is 82.5 cm³/mol. The molecule has 0 unspecified atom stereocenters. The third-order valence-electron chi connectivity index (χ3n) is 3.54. The Morgan fingerprint density at radius 2 is 1.81 bits per heavy atom. The van der Waals surface area contributed by atoms with E-state index in [0.29, 0.717) is 25.9 Å². The van der Waals surface area contributed by atoms with Gasteiger partial charge in [-0.3, -0.25) is 9.59 Å². The van der Waals surface area contributed by atoms with Crippen LogP contribution in [0, 0.1) is 5.92 Å². The normalized spacial score (nSPS) is 13.7. The maximum atomic E-state index is 11.6. The van der Waals surface area contributed by atoms with Gasteiger partial charge in [-0.05, 0) is 43.4 Å². The van der Waals surface area contributed by atoms with E-state index in [-0.39, 0.29) is 17.7 Å². The van der Waals surface area contributed by atoms with Crippen molar-refractivity contribution in [2.45, 2.75) is 32.1 Å². The second-order valence-corrected chi connectivity index (χ2v) is 5.51. The first-order chi connectivity index (χ1) is 10.1. The highest BCUT2D eigenvalue weighted by molar-refractivity contribution is 5.81. The molecular formula is C16H23N3O2. The first-order valence-corrected chi connectivity index (χ1v) is 7.54. The number of benzene rings is 1. The van der Waals surface area contributed by atoms with Crippen molar-refractivity contribution in [2.24, 2.45) is 5.92 Å². The standard InChI is InChI=1S/C16H23N3O2/c17-14-7-3-12(4-8-14)9-11-18-15(20)2-1-10-19-16(21)13-5-6-13/h3-4,7-8,13H,1-2,5-6,9-11,17H2,(H,18,20)(H,19,21). The zero-order valence-corrected chi connectivity index (χ0v) is 12.2. The molecule has 5 nitrogen and oxygen atoms in total. The van der Waals surface area contributed by atoms with E-state index in [1.165, 1.54) is 0 Å². The fourth-order valence-electron chi connectivity index (χ4n) is 2.07. The van der Waals surface area contributed by atoms with Crippen LogP contribution in [-0.4, -0.2) is 24.9 Å². The summed E-state index contributed by atoms with van der Waals surface area (Å²) in [6.07, 6.45) is 3.96. The first kappa shape index (κ1) is 15.4. The van der Waals surface area contributed by atoms with Crippen LogP contribution in [0.15, 0.2) is 24.3 Å². The number of hydrogen-bond acceptors (Lipinski definition) is 3. The number of hydrogen-bond donors (Lipinski definition) is 3. The lowest BCUT2D eigenvalue weighted by Crippen LogP contribution is -2.29. The third-order valence-corrected chi connectivity index (χ3v) is 3.54. The van der Waals surface area contributed by atoms with Crippen LogP contribution in [0.4, 0.5) is 5.69 Å². The monoisotopic (exact) mass is 289 g/mol. The fourth-order valence-corrected chi connectivity index (χ4v) is 2.07. The van der Waals surface area contributed by atoms with Crippen molar-refractivity contribution in [2.75, 3.05) is 18.8 Å². The molecule has 1 aliphatic rings. The zero-order valence-electron chi connectivity index (χ0n) is 12.2. The number of anilines is 1. The summed E-state index contributed by atoms with van der Waals surface area (Å²) >= 11 is 0. The van der Waals surface area contributed by atoms with Crippen molar-refractivity contribution >= 4 is 17.5 Å². The van der Waals surface area contributed by atoms with Gasteiger partial charge in [-0.15, -0.1) is 0 Å². The molecule has 2 rings (SSSR count). The number of carbonyl (C=O) groups excluding carboxylic acids is 2. The molecule has 1 saturated carbocycles. The highest BCUT2D eigenvalue weighted by Gasteiger charge is 2.28. The van der Waals surface area contributed by atoms with Gasteiger partial charge in [0, 0.05) is 31.1 Å². The average molecular weight is 289 g/mol. The summed E-state index contributed by atoms with van der Waals surface area (Å²) in [5.41, 5.74) is 7.52. The Hall–Kier alpha value is -2.04. The Morgan fingerprint density at radius 3 is 2.48 bits per heavy atom. The van der Waals surface area contributed by atoms with Crippen LogP contribution in [0.25, 0.3) is 0 Å². The molecule has 114 valence electrons. The molecule has 2 amide bonds. The molecule has 0 heterocycles. The van der Waals surface area contributed by atoms with E-state index in [1.54, 1.807) is 0 Å². The van der Waals surface area contributed by atoms with Crippen LogP contribution >= 0.6 is 0 Å². The molecule has 21 heavy (non-hydrogen) atoms. The number of nitrogens with one attached hydrogen (secondary N) is 2. The maximum absolute atomic E-state index is 11.6. The van der Waals surface area contributed by atoms with E-state index in [1.807, 2.05) is 24.3 Å². The number of nitrogens with two attached hydrogens (primary N) is 1. The van der Waals surface area contributed by atoms with Crippen LogP contribution in [0.1, 0.15) is 31.2 Å². The van der Waals surface area contributed by atoms with Crippen molar-refractivity contribution in [3.63, 3.8) is 0 Å². The molecule has 1 aromatic rings. The summed E-state index contributed by atoms with van der Waals surface area (Å²) in [4.78, 5) is 23.0. The topological polar surface area (TPSA) is 84.2 Å². The van der Waals surface area contributed by atoms with E-state index in [2.05, 4.69) is 10.6 Å². The minimum atomic E-state index is 0.0334. The number of amides is 2. The molecule has 0 aromatic heterocycles. The van der Waals surface area contributed by atoms with E-state index < -0.39 is 0 Å². The molecule has 0 saturated heterocycles. The summed E-state index contributed by atoms with van der Waals surface area (Å²) in [7, 11) is 0. The van der Waals surface area contributed by atoms with E-state index in [9.17, 15) is 9.59 Å². The quantitative estimate of drug-likeness (QED) is 0.497. The van der Waals surface area contributed by atoms with Crippen LogP contribution in [0.2, 0.25) is 0 Å². The van der Waals surface area contributed by atoms with Gasteiger partial charge < -0.3 is 16.4 Å². The Labute approximate surface area is 125 Å². The highest BCUT2D eigenvalue weighted by Crippen LogP contribution is 2.28. The summed E-state index contributed by atoms with van der Waals surface area (Å²) in [5.74, 6) is 0.406. The molecule has 0 bridgehead atoms.